The normalized spacial score (nSPS) is 12.0. The van der Waals surface area contributed by atoms with Crippen LogP contribution in [0.1, 0.15) is 26.3 Å². The highest BCUT2D eigenvalue weighted by Gasteiger charge is 2.13. The van der Waals surface area contributed by atoms with Crippen molar-refractivity contribution >= 4 is 38.9 Å². The number of nitrogens with zero attached hydrogens (tertiary/aromatic N) is 1. The lowest BCUT2D eigenvalue weighted by atomic mass is 10.1. The first-order chi connectivity index (χ1) is 9.33. The Labute approximate surface area is 126 Å². The van der Waals surface area contributed by atoms with Crippen LogP contribution in [0.15, 0.2) is 41.0 Å². The van der Waals surface area contributed by atoms with Crippen LogP contribution in [0.5, 0.6) is 0 Å². The van der Waals surface area contributed by atoms with Crippen molar-refractivity contribution < 1.29 is 9.53 Å². The van der Waals surface area contributed by atoms with E-state index in [1.54, 1.807) is 12.3 Å². The molecule has 104 valence electrons. The molecule has 0 spiro atoms. The summed E-state index contributed by atoms with van der Waals surface area (Å²) in [5.41, 5.74) is 1.30. The Morgan fingerprint density at radius 3 is 2.75 bits per heavy atom. The van der Waals surface area contributed by atoms with Crippen LogP contribution >= 0.6 is 15.9 Å². The molecule has 0 saturated carbocycles. The van der Waals surface area contributed by atoms with Gasteiger partial charge in [-0.3, -0.25) is 4.98 Å². The molecule has 1 aromatic carbocycles. The lowest BCUT2D eigenvalue weighted by molar-refractivity contribution is -0.148. The number of carbonyl (C=O) groups is 1. The van der Waals surface area contributed by atoms with E-state index >= 15 is 0 Å². The molecule has 3 nitrogen and oxygen atoms in total. The number of fused-ring (bicyclic) bond motifs is 1. The molecule has 20 heavy (non-hydrogen) atoms. The molecule has 4 heteroatoms. The lowest BCUT2D eigenvalue weighted by Crippen LogP contribution is -2.22. The molecule has 2 aromatic rings. The maximum atomic E-state index is 11.6. The van der Waals surface area contributed by atoms with Gasteiger partial charge in [0.15, 0.2) is 0 Å². The number of esters is 1. The SMILES string of the molecule is CC(C)(C)OC(=O)/C=C/c1cnc2ccc(Br)cc2c1. The van der Waals surface area contributed by atoms with Gasteiger partial charge in [0, 0.05) is 22.1 Å². The minimum Gasteiger partial charge on any atom is -0.457 e. The van der Waals surface area contributed by atoms with E-state index in [-0.39, 0.29) is 5.97 Å². The zero-order valence-corrected chi connectivity index (χ0v) is 13.3. The van der Waals surface area contributed by atoms with Crippen LogP contribution in [0.2, 0.25) is 0 Å². The van der Waals surface area contributed by atoms with Gasteiger partial charge < -0.3 is 4.74 Å². The molecule has 0 aliphatic heterocycles. The molecular weight excluding hydrogens is 318 g/mol. The van der Waals surface area contributed by atoms with Crippen molar-refractivity contribution in [3.05, 3.63) is 46.6 Å². The molecule has 0 N–H and O–H groups in total. The average molecular weight is 334 g/mol. The van der Waals surface area contributed by atoms with Gasteiger partial charge in [-0.25, -0.2) is 4.79 Å². The highest BCUT2D eigenvalue weighted by atomic mass is 79.9. The zero-order chi connectivity index (χ0) is 14.8. The maximum Gasteiger partial charge on any atom is 0.331 e. The molecule has 0 fully saturated rings. The zero-order valence-electron chi connectivity index (χ0n) is 11.7. The van der Waals surface area contributed by atoms with E-state index in [4.69, 9.17) is 4.74 Å². The third-order valence-corrected chi connectivity index (χ3v) is 2.98. The van der Waals surface area contributed by atoms with E-state index in [1.807, 2.05) is 45.0 Å². The first-order valence-corrected chi connectivity index (χ1v) is 7.09. The summed E-state index contributed by atoms with van der Waals surface area (Å²) >= 11 is 3.43. The van der Waals surface area contributed by atoms with E-state index < -0.39 is 5.60 Å². The number of aromatic nitrogens is 1. The van der Waals surface area contributed by atoms with Gasteiger partial charge in [0.25, 0.3) is 0 Å². The summed E-state index contributed by atoms with van der Waals surface area (Å²) in [7, 11) is 0. The number of hydrogen-bond acceptors (Lipinski definition) is 3. The summed E-state index contributed by atoms with van der Waals surface area (Å²) in [6.45, 7) is 5.52. The number of carbonyl (C=O) groups excluding carboxylic acids is 1. The molecule has 2 rings (SSSR count). The molecule has 1 heterocycles. The van der Waals surface area contributed by atoms with Crippen molar-refractivity contribution in [2.75, 3.05) is 0 Å². The lowest BCUT2D eigenvalue weighted by Gasteiger charge is -2.17. The number of hydrogen-bond donors (Lipinski definition) is 0. The van der Waals surface area contributed by atoms with Gasteiger partial charge >= 0.3 is 5.97 Å². The Hall–Kier alpha value is -1.68. The van der Waals surface area contributed by atoms with E-state index in [0.717, 1.165) is 20.9 Å². The minimum atomic E-state index is -0.478. The third-order valence-electron chi connectivity index (χ3n) is 2.48. The Bertz CT molecular complexity index is 672. The maximum absolute atomic E-state index is 11.6. The third kappa shape index (κ3) is 4.17. The van der Waals surface area contributed by atoms with Gasteiger partial charge in [-0.2, -0.15) is 0 Å². The minimum absolute atomic E-state index is 0.355. The number of halogens is 1. The molecule has 0 bridgehead atoms. The van der Waals surface area contributed by atoms with Crippen molar-refractivity contribution in [2.24, 2.45) is 0 Å². The second kappa shape index (κ2) is 5.75. The molecule has 0 aliphatic carbocycles. The van der Waals surface area contributed by atoms with E-state index in [0.29, 0.717) is 0 Å². The summed E-state index contributed by atoms with van der Waals surface area (Å²) < 4.78 is 6.21. The second-order valence-electron chi connectivity index (χ2n) is 5.47. The average Bonchev–Trinajstić information content (AvgIpc) is 2.33. The molecule has 1 aromatic heterocycles. The summed E-state index contributed by atoms with van der Waals surface area (Å²) in [6.07, 6.45) is 4.87. The first-order valence-electron chi connectivity index (χ1n) is 6.30. The Morgan fingerprint density at radius 2 is 2.05 bits per heavy atom. The van der Waals surface area contributed by atoms with E-state index in [1.165, 1.54) is 6.08 Å². The molecule has 0 unspecified atom stereocenters. The topological polar surface area (TPSA) is 39.2 Å². The van der Waals surface area contributed by atoms with Crippen LogP contribution in [0, 0.1) is 0 Å². The summed E-state index contributed by atoms with van der Waals surface area (Å²) in [5.74, 6) is -0.355. The Balaban J connectivity index is 2.19. The van der Waals surface area contributed by atoms with E-state index in [2.05, 4.69) is 20.9 Å². The van der Waals surface area contributed by atoms with Gasteiger partial charge in [-0.05, 0) is 56.7 Å². The van der Waals surface area contributed by atoms with Crippen molar-refractivity contribution in [1.82, 2.24) is 4.98 Å². The quantitative estimate of drug-likeness (QED) is 0.605. The van der Waals surface area contributed by atoms with Crippen LogP contribution in [0.25, 0.3) is 17.0 Å². The van der Waals surface area contributed by atoms with Gasteiger partial charge in [0.1, 0.15) is 5.60 Å². The van der Waals surface area contributed by atoms with Gasteiger partial charge in [-0.1, -0.05) is 15.9 Å². The van der Waals surface area contributed by atoms with E-state index in [9.17, 15) is 4.79 Å². The van der Waals surface area contributed by atoms with Crippen LogP contribution < -0.4 is 0 Å². The first kappa shape index (κ1) is 14.7. The van der Waals surface area contributed by atoms with Crippen molar-refractivity contribution in [1.29, 1.82) is 0 Å². The smallest absolute Gasteiger partial charge is 0.331 e. The number of rotatable bonds is 2. The van der Waals surface area contributed by atoms with Crippen LogP contribution in [0.3, 0.4) is 0 Å². The summed E-state index contributed by atoms with van der Waals surface area (Å²) in [5, 5.41) is 1.02. The molecule has 0 atom stereocenters. The highest BCUT2D eigenvalue weighted by Crippen LogP contribution is 2.19. The van der Waals surface area contributed by atoms with Gasteiger partial charge in [0.2, 0.25) is 0 Å². The molecular formula is C16H16BrNO2. The van der Waals surface area contributed by atoms with Crippen LogP contribution in [-0.2, 0) is 9.53 Å². The van der Waals surface area contributed by atoms with Gasteiger partial charge in [-0.15, -0.1) is 0 Å². The van der Waals surface area contributed by atoms with Crippen molar-refractivity contribution in [3.63, 3.8) is 0 Å². The molecule has 0 saturated heterocycles. The predicted molar refractivity (Wildman–Crippen MR) is 84.3 cm³/mol. The number of pyridine rings is 1. The Kier molecular flexibility index (Phi) is 4.23. The highest BCUT2D eigenvalue weighted by molar-refractivity contribution is 9.10. The molecule has 0 aliphatic rings. The van der Waals surface area contributed by atoms with Crippen LogP contribution in [-0.4, -0.2) is 16.6 Å². The van der Waals surface area contributed by atoms with Crippen LogP contribution in [0.4, 0.5) is 0 Å². The molecule has 0 radical (unpaired) electrons. The standard InChI is InChI=1S/C16H16BrNO2/c1-16(2,3)20-15(19)7-4-11-8-12-9-13(17)5-6-14(12)18-10-11/h4-10H,1-3H3/b7-4+. The summed E-state index contributed by atoms with van der Waals surface area (Å²) in [6, 6.07) is 7.87. The largest absolute Gasteiger partial charge is 0.457 e. The van der Waals surface area contributed by atoms with Crippen molar-refractivity contribution in [2.45, 2.75) is 26.4 Å². The molecule has 0 amide bonds. The van der Waals surface area contributed by atoms with Gasteiger partial charge in [0.05, 0.1) is 5.52 Å². The number of ether oxygens (including phenoxy) is 1. The Morgan fingerprint density at radius 1 is 1.30 bits per heavy atom. The fourth-order valence-corrected chi connectivity index (χ4v) is 2.09. The number of benzene rings is 1. The fraction of sp³-hybridized carbons (Fsp3) is 0.250. The monoisotopic (exact) mass is 333 g/mol. The fourth-order valence-electron chi connectivity index (χ4n) is 1.71. The summed E-state index contributed by atoms with van der Waals surface area (Å²) in [4.78, 5) is 16.0. The predicted octanol–water partition coefficient (Wildman–Crippen LogP) is 4.35. The van der Waals surface area contributed by atoms with Crippen molar-refractivity contribution in [3.8, 4) is 0 Å². The second-order valence-corrected chi connectivity index (χ2v) is 6.39.